The Bertz CT molecular complexity index is 584. The predicted molar refractivity (Wildman–Crippen MR) is 63.3 cm³/mol. The van der Waals surface area contributed by atoms with Crippen molar-refractivity contribution in [2.75, 3.05) is 5.73 Å². The van der Waals surface area contributed by atoms with Gasteiger partial charge in [0.15, 0.2) is 0 Å². The van der Waals surface area contributed by atoms with Crippen molar-refractivity contribution >= 4 is 11.7 Å². The second-order valence-corrected chi connectivity index (χ2v) is 3.69. The highest BCUT2D eigenvalue weighted by Gasteiger charge is 2.13. The first-order chi connectivity index (χ1) is 9.08. The van der Waals surface area contributed by atoms with Gasteiger partial charge in [0.1, 0.15) is 11.5 Å². The van der Waals surface area contributed by atoms with E-state index in [4.69, 9.17) is 5.73 Å². The molecule has 0 spiro atoms. The Hall–Kier alpha value is -2.51. The largest absolute Gasteiger partial charge is 0.383 e. The van der Waals surface area contributed by atoms with Gasteiger partial charge in [-0.25, -0.2) is 9.67 Å². The number of hydrogen-bond donors (Lipinski definition) is 2. The number of carbonyl (C=O) groups is 1. The molecule has 0 fully saturated rings. The van der Waals surface area contributed by atoms with Crippen LogP contribution in [0.4, 0.5) is 14.6 Å². The lowest BCUT2D eigenvalue weighted by Crippen LogP contribution is -2.24. The number of amides is 1. The standard InChI is InChI=1S/C11H11F2N5O/c12-11(13)18-5-3-8(17-18)10(19)16-6-7-2-1-4-15-9(7)14/h1-5,11H,6H2,(H2,14,15)(H,16,19). The van der Waals surface area contributed by atoms with Crippen LogP contribution in [0.1, 0.15) is 22.6 Å². The zero-order chi connectivity index (χ0) is 13.8. The normalized spacial score (nSPS) is 10.7. The van der Waals surface area contributed by atoms with Gasteiger partial charge in [-0.1, -0.05) is 6.07 Å². The van der Waals surface area contributed by atoms with Crippen molar-refractivity contribution in [3.05, 3.63) is 41.9 Å². The fourth-order valence-electron chi connectivity index (χ4n) is 1.43. The average molecular weight is 267 g/mol. The molecular weight excluding hydrogens is 256 g/mol. The summed E-state index contributed by atoms with van der Waals surface area (Å²) in [5.74, 6) is -0.247. The number of halogens is 2. The molecule has 2 aromatic rings. The lowest BCUT2D eigenvalue weighted by molar-refractivity contribution is 0.0560. The number of pyridine rings is 1. The van der Waals surface area contributed by atoms with E-state index in [0.29, 0.717) is 16.1 Å². The van der Waals surface area contributed by atoms with Crippen LogP contribution in [0.5, 0.6) is 0 Å². The smallest absolute Gasteiger partial charge is 0.333 e. The summed E-state index contributed by atoms with van der Waals surface area (Å²) in [6.45, 7) is -2.62. The molecule has 0 bridgehead atoms. The maximum absolute atomic E-state index is 12.3. The summed E-state index contributed by atoms with van der Waals surface area (Å²) in [7, 11) is 0. The highest BCUT2D eigenvalue weighted by Crippen LogP contribution is 2.09. The summed E-state index contributed by atoms with van der Waals surface area (Å²) in [5, 5.41) is 5.98. The Morgan fingerprint density at radius 2 is 2.26 bits per heavy atom. The second kappa shape index (κ2) is 5.42. The molecule has 1 amide bonds. The van der Waals surface area contributed by atoms with E-state index in [1.165, 1.54) is 12.3 Å². The summed E-state index contributed by atoms with van der Waals surface area (Å²) >= 11 is 0. The van der Waals surface area contributed by atoms with Crippen molar-refractivity contribution in [3.8, 4) is 0 Å². The van der Waals surface area contributed by atoms with E-state index in [1.807, 2.05) is 0 Å². The summed E-state index contributed by atoms with van der Waals surface area (Å²) in [5.41, 5.74) is 6.17. The molecule has 2 rings (SSSR count). The van der Waals surface area contributed by atoms with E-state index >= 15 is 0 Å². The SMILES string of the molecule is Nc1ncccc1CNC(=O)c1ccn(C(F)F)n1. The molecule has 100 valence electrons. The van der Waals surface area contributed by atoms with Gasteiger partial charge in [0.2, 0.25) is 0 Å². The average Bonchev–Trinajstić information content (AvgIpc) is 2.87. The Morgan fingerprint density at radius 1 is 1.47 bits per heavy atom. The van der Waals surface area contributed by atoms with Gasteiger partial charge in [0, 0.05) is 24.5 Å². The molecule has 0 aromatic carbocycles. The summed E-state index contributed by atoms with van der Waals surface area (Å²) in [6, 6.07) is 4.61. The number of nitrogens with one attached hydrogen (secondary N) is 1. The van der Waals surface area contributed by atoms with Crippen LogP contribution in [0.2, 0.25) is 0 Å². The molecule has 0 aliphatic rings. The molecular formula is C11H11F2N5O. The molecule has 0 radical (unpaired) electrons. The zero-order valence-corrected chi connectivity index (χ0v) is 9.75. The van der Waals surface area contributed by atoms with Crippen molar-refractivity contribution in [1.82, 2.24) is 20.1 Å². The fourth-order valence-corrected chi connectivity index (χ4v) is 1.43. The quantitative estimate of drug-likeness (QED) is 0.871. The van der Waals surface area contributed by atoms with Crippen molar-refractivity contribution in [2.24, 2.45) is 0 Å². The molecule has 0 aliphatic carbocycles. The van der Waals surface area contributed by atoms with Crippen molar-refractivity contribution in [1.29, 1.82) is 0 Å². The lowest BCUT2D eigenvalue weighted by atomic mass is 10.2. The molecule has 0 saturated carbocycles. The van der Waals surface area contributed by atoms with E-state index in [2.05, 4.69) is 15.4 Å². The van der Waals surface area contributed by atoms with Crippen molar-refractivity contribution in [3.63, 3.8) is 0 Å². The second-order valence-electron chi connectivity index (χ2n) is 3.69. The lowest BCUT2D eigenvalue weighted by Gasteiger charge is -2.05. The van der Waals surface area contributed by atoms with Crippen LogP contribution in [-0.2, 0) is 6.54 Å². The molecule has 2 aromatic heterocycles. The Labute approximate surface area is 107 Å². The molecule has 3 N–H and O–H groups in total. The van der Waals surface area contributed by atoms with Crippen LogP contribution in [0.25, 0.3) is 0 Å². The highest BCUT2D eigenvalue weighted by atomic mass is 19.3. The van der Waals surface area contributed by atoms with Crippen LogP contribution < -0.4 is 11.1 Å². The van der Waals surface area contributed by atoms with E-state index < -0.39 is 12.5 Å². The number of nitrogens with zero attached hydrogens (tertiary/aromatic N) is 3. The number of nitrogen functional groups attached to an aromatic ring is 1. The van der Waals surface area contributed by atoms with Gasteiger partial charge in [-0.15, -0.1) is 0 Å². The molecule has 0 atom stereocenters. The molecule has 0 aliphatic heterocycles. The minimum atomic E-state index is -2.77. The molecule has 0 saturated heterocycles. The number of nitrogens with two attached hydrogens (primary N) is 1. The molecule has 2 heterocycles. The predicted octanol–water partition coefficient (Wildman–Crippen LogP) is 1.19. The van der Waals surface area contributed by atoms with Gasteiger partial charge in [-0.05, 0) is 12.1 Å². The van der Waals surface area contributed by atoms with Gasteiger partial charge >= 0.3 is 6.55 Å². The first-order valence-electron chi connectivity index (χ1n) is 5.39. The van der Waals surface area contributed by atoms with E-state index in [0.717, 1.165) is 6.20 Å². The number of aromatic nitrogens is 3. The van der Waals surface area contributed by atoms with Gasteiger partial charge in [0.25, 0.3) is 5.91 Å². The van der Waals surface area contributed by atoms with Crippen LogP contribution in [0, 0.1) is 0 Å². The zero-order valence-electron chi connectivity index (χ0n) is 9.75. The fraction of sp³-hybridized carbons (Fsp3) is 0.182. The Balaban J connectivity index is 1.99. The summed E-state index contributed by atoms with van der Waals surface area (Å²) in [4.78, 5) is 15.5. The first kappa shape index (κ1) is 12.9. The Morgan fingerprint density at radius 3 is 2.89 bits per heavy atom. The van der Waals surface area contributed by atoms with Crippen LogP contribution in [0.15, 0.2) is 30.6 Å². The van der Waals surface area contributed by atoms with Crippen LogP contribution >= 0.6 is 0 Å². The molecule has 6 nitrogen and oxygen atoms in total. The van der Waals surface area contributed by atoms with Crippen LogP contribution in [-0.4, -0.2) is 20.7 Å². The minimum Gasteiger partial charge on any atom is -0.383 e. The molecule has 0 unspecified atom stereocenters. The minimum absolute atomic E-state index is 0.0808. The molecule has 19 heavy (non-hydrogen) atoms. The van der Waals surface area contributed by atoms with Crippen molar-refractivity contribution in [2.45, 2.75) is 13.1 Å². The summed E-state index contributed by atoms with van der Waals surface area (Å²) in [6.07, 6.45) is 2.57. The number of carbonyl (C=O) groups excluding carboxylic acids is 1. The Kier molecular flexibility index (Phi) is 3.69. The number of anilines is 1. The highest BCUT2D eigenvalue weighted by molar-refractivity contribution is 5.92. The number of rotatable bonds is 4. The maximum Gasteiger partial charge on any atom is 0.333 e. The monoisotopic (exact) mass is 267 g/mol. The third kappa shape index (κ3) is 3.03. The molecule has 8 heteroatoms. The van der Waals surface area contributed by atoms with E-state index in [-0.39, 0.29) is 12.2 Å². The number of alkyl halides is 2. The third-order valence-electron chi connectivity index (χ3n) is 2.41. The topological polar surface area (TPSA) is 85.8 Å². The third-order valence-corrected chi connectivity index (χ3v) is 2.41. The van der Waals surface area contributed by atoms with E-state index in [9.17, 15) is 13.6 Å². The van der Waals surface area contributed by atoms with Crippen molar-refractivity contribution < 1.29 is 13.6 Å². The summed E-state index contributed by atoms with van der Waals surface area (Å²) < 4.78 is 25.0. The number of hydrogen-bond acceptors (Lipinski definition) is 4. The van der Waals surface area contributed by atoms with Gasteiger partial charge in [-0.2, -0.15) is 13.9 Å². The first-order valence-corrected chi connectivity index (χ1v) is 5.39. The van der Waals surface area contributed by atoms with Gasteiger partial charge in [-0.3, -0.25) is 4.79 Å². The maximum atomic E-state index is 12.3. The van der Waals surface area contributed by atoms with E-state index in [1.54, 1.807) is 12.1 Å². The van der Waals surface area contributed by atoms with Crippen LogP contribution in [0.3, 0.4) is 0 Å². The van der Waals surface area contributed by atoms with Gasteiger partial charge in [0.05, 0.1) is 0 Å². The van der Waals surface area contributed by atoms with Gasteiger partial charge < -0.3 is 11.1 Å².